The van der Waals surface area contributed by atoms with E-state index in [-0.39, 0.29) is 10.6 Å². The Labute approximate surface area is 121 Å². The van der Waals surface area contributed by atoms with Crippen LogP contribution in [0.15, 0.2) is 18.2 Å². The van der Waals surface area contributed by atoms with E-state index in [1.807, 2.05) is 4.90 Å². The van der Waals surface area contributed by atoms with E-state index in [0.717, 1.165) is 19.2 Å². The minimum atomic E-state index is -4.45. The second-order valence-corrected chi connectivity index (χ2v) is 5.89. The second kappa shape index (κ2) is 5.24. The van der Waals surface area contributed by atoms with Crippen molar-refractivity contribution in [1.29, 1.82) is 0 Å². The Bertz CT molecular complexity index is 518. The van der Waals surface area contributed by atoms with Crippen LogP contribution in [0.3, 0.4) is 0 Å². The Kier molecular flexibility index (Phi) is 3.95. The van der Waals surface area contributed by atoms with Crippen LogP contribution in [-0.4, -0.2) is 18.1 Å². The van der Waals surface area contributed by atoms with Crippen molar-refractivity contribution in [2.45, 2.75) is 20.0 Å². The molecule has 6 heteroatoms. The standard InChI is InChI=1S/C14H17F3N2S/c1-8-6-19(7-9(8)2)10-3-4-11(13(18)20)12(5-10)14(15,16)17/h3-5,8-9H,6-7H2,1-2H3,(H2,18,20). The summed E-state index contributed by atoms with van der Waals surface area (Å²) >= 11 is 4.70. The molecule has 0 radical (unpaired) electrons. The lowest BCUT2D eigenvalue weighted by Gasteiger charge is -2.21. The molecule has 2 nitrogen and oxygen atoms in total. The van der Waals surface area contributed by atoms with Crippen molar-refractivity contribution < 1.29 is 13.2 Å². The zero-order valence-corrected chi connectivity index (χ0v) is 12.2. The molecule has 1 aromatic rings. The van der Waals surface area contributed by atoms with Crippen molar-refractivity contribution in [2.75, 3.05) is 18.0 Å². The molecule has 1 aliphatic heterocycles. The van der Waals surface area contributed by atoms with Crippen LogP contribution in [0.25, 0.3) is 0 Å². The van der Waals surface area contributed by atoms with Crippen molar-refractivity contribution in [1.82, 2.24) is 0 Å². The third-order valence-corrected chi connectivity index (χ3v) is 4.15. The van der Waals surface area contributed by atoms with E-state index in [1.165, 1.54) is 6.07 Å². The molecule has 0 bridgehead atoms. The second-order valence-electron chi connectivity index (χ2n) is 5.45. The van der Waals surface area contributed by atoms with E-state index >= 15 is 0 Å². The number of nitrogens with zero attached hydrogens (tertiary/aromatic N) is 1. The van der Waals surface area contributed by atoms with Crippen LogP contribution in [0.2, 0.25) is 0 Å². The Morgan fingerprint density at radius 3 is 2.25 bits per heavy atom. The van der Waals surface area contributed by atoms with Crippen molar-refractivity contribution in [3.8, 4) is 0 Å². The molecule has 2 atom stereocenters. The highest BCUT2D eigenvalue weighted by Gasteiger charge is 2.35. The van der Waals surface area contributed by atoms with Crippen molar-refractivity contribution in [3.63, 3.8) is 0 Å². The predicted octanol–water partition coefficient (Wildman–Crippen LogP) is 3.43. The van der Waals surface area contributed by atoms with Gasteiger partial charge in [0.05, 0.1) is 5.56 Å². The summed E-state index contributed by atoms with van der Waals surface area (Å²) in [6.07, 6.45) is -4.45. The molecule has 0 spiro atoms. The fourth-order valence-electron chi connectivity index (χ4n) is 2.52. The smallest absolute Gasteiger partial charge is 0.389 e. The average molecular weight is 302 g/mol. The summed E-state index contributed by atoms with van der Waals surface area (Å²) in [6, 6.07) is 4.18. The summed E-state index contributed by atoms with van der Waals surface area (Å²) in [4.78, 5) is 1.75. The first-order chi connectivity index (χ1) is 9.20. The van der Waals surface area contributed by atoms with E-state index in [1.54, 1.807) is 6.07 Å². The summed E-state index contributed by atoms with van der Waals surface area (Å²) in [6.45, 7) is 5.76. The molecule has 1 aliphatic rings. The van der Waals surface area contributed by atoms with Gasteiger partial charge in [0.15, 0.2) is 0 Å². The topological polar surface area (TPSA) is 29.3 Å². The molecule has 20 heavy (non-hydrogen) atoms. The van der Waals surface area contributed by atoms with Gasteiger partial charge in [0.1, 0.15) is 4.99 Å². The first kappa shape index (κ1) is 15.1. The van der Waals surface area contributed by atoms with Crippen LogP contribution in [0.4, 0.5) is 18.9 Å². The first-order valence-corrected chi connectivity index (χ1v) is 6.87. The van der Waals surface area contributed by atoms with Crippen LogP contribution in [0.5, 0.6) is 0 Å². The molecule has 0 aromatic heterocycles. The fourth-order valence-corrected chi connectivity index (χ4v) is 2.70. The lowest BCUT2D eigenvalue weighted by molar-refractivity contribution is -0.137. The molecule has 1 fully saturated rings. The molecule has 0 aliphatic carbocycles. The van der Waals surface area contributed by atoms with Gasteiger partial charge in [-0.3, -0.25) is 0 Å². The third-order valence-electron chi connectivity index (χ3n) is 3.93. The number of anilines is 1. The summed E-state index contributed by atoms with van der Waals surface area (Å²) in [7, 11) is 0. The summed E-state index contributed by atoms with van der Waals surface area (Å²) < 4.78 is 39.3. The number of halogens is 3. The zero-order chi connectivity index (χ0) is 15.1. The maximum Gasteiger partial charge on any atom is 0.417 e. The quantitative estimate of drug-likeness (QED) is 0.849. The Morgan fingerprint density at radius 1 is 1.25 bits per heavy atom. The normalized spacial score (nSPS) is 23.1. The summed E-state index contributed by atoms with van der Waals surface area (Å²) in [5, 5.41) is 0. The SMILES string of the molecule is CC1CN(c2ccc(C(N)=S)c(C(F)(F)F)c2)CC1C. The maximum atomic E-state index is 13.1. The van der Waals surface area contributed by atoms with Crippen LogP contribution in [-0.2, 0) is 6.18 Å². The number of alkyl halides is 3. The Hall–Kier alpha value is -1.30. The molecule has 0 amide bonds. The summed E-state index contributed by atoms with van der Waals surface area (Å²) in [5.74, 6) is 0.944. The molecule has 2 N–H and O–H groups in total. The highest BCUT2D eigenvalue weighted by atomic mass is 32.1. The van der Waals surface area contributed by atoms with Crippen LogP contribution < -0.4 is 10.6 Å². The molecular weight excluding hydrogens is 285 g/mol. The lowest BCUT2D eigenvalue weighted by Crippen LogP contribution is -2.22. The minimum absolute atomic E-state index is 0.114. The monoisotopic (exact) mass is 302 g/mol. The van der Waals surface area contributed by atoms with Crippen molar-refractivity contribution in [2.24, 2.45) is 17.6 Å². The highest BCUT2D eigenvalue weighted by Crippen LogP contribution is 2.36. The van der Waals surface area contributed by atoms with Gasteiger partial charge in [-0.2, -0.15) is 13.2 Å². The number of hydrogen-bond donors (Lipinski definition) is 1. The largest absolute Gasteiger partial charge is 0.417 e. The van der Waals surface area contributed by atoms with Gasteiger partial charge in [-0.25, -0.2) is 0 Å². The van der Waals surface area contributed by atoms with Crippen LogP contribution in [0, 0.1) is 11.8 Å². The van der Waals surface area contributed by atoms with Gasteiger partial charge in [0.2, 0.25) is 0 Å². The van der Waals surface area contributed by atoms with Gasteiger partial charge in [0, 0.05) is 24.3 Å². The van der Waals surface area contributed by atoms with E-state index in [9.17, 15) is 13.2 Å². The number of benzene rings is 1. The van der Waals surface area contributed by atoms with Gasteiger partial charge in [0.25, 0.3) is 0 Å². The predicted molar refractivity (Wildman–Crippen MR) is 77.9 cm³/mol. The van der Waals surface area contributed by atoms with Crippen molar-refractivity contribution in [3.05, 3.63) is 29.3 Å². The van der Waals surface area contributed by atoms with Crippen LogP contribution >= 0.6 is 12.2 Å². The Balaban J connectivity index is 2.40. The lowest BCUT2D eigenvalue weighted by atomic mass is 10.0. The molecule has 1 aromatic carbocycles. The van der Waals surface area contributed by atoms with Gasteiger partial charge >= 0.3 is 6.18 Å². The molecule has 2 unspecified atom stereocenters. The first-order valence-electron chi connectivity index (χ1n) is 6.46. The molecule has 1 saturated heterocycles. The molecule has 2 rings (SSSR count). The maximum absolute atomic E-state index is 13.1. The van der Waals surface area contributed by atoms with E-state index < -0.39 is 11.7 Å². The number of thiocarbonyl (C=S) groups is 1. The molecule has 1 heterocycles. The zero-order valence-electron chi connectivity index (χ0n) is 11.4. The van der Waals surface area contributed by atoms with Gasteiger partial charge in [-0.15, -0.1) is 0 Å². The third kappa shape index (κ3) is 2.90. The summed E-state index contributed by atoms with van der Waals surface area (Å²) in [5.41, 5.74) is 5.08. The van der Waals surface area contributed by atoms with Gasteiger partial charge in [-0.05, 0) is 30.0 Å². The highest BCUT2D eigenvalue weighted by molar-refractivity contribution is 7.80. The van der Waals surface area contributed by atoms with Gasteiger partial charge < -0.3 is 10.6 Å². The Morgan fingerprint density at radius 2 is 1.80 bits per heavy atom. The molecule has 0 saturated carbocycles. The van der Waals surface area contributed by atoms with E-state index in [0.29, 0.717) is 17.5 Å². The number of rotatable bonds is 2. The average Bonchev–Trinajstić information content (AvgIpc) is 2.67. The van der Waals surface area contributed by atoms with Gasteiger partial charge in [-0.1, -0.05) is 26.1 Å². The van der Waals surface area contributed by atoms with E-state index in [2.05, 4.69) is 13.8 Å². The van der Waals surface area contributed by atoms with Crippen LogP contribution in [0.1, 0.15) is 25.0 Å². The van der Waals surface area contributed by atoms with Crippen molar-refractivity contribution >= 4 is 22.9 Å². The molecule has 110 valence electrons. The number of nitrogens with two attached hydrogens (primary N) is 1. The number of hydrogen-bond acceptors (Lipinski definition) is 2. The van der Waals surface area contributed by atoms with E-state index in [4.69, 9.17) is 18.0 Å². The fraction of sp³-hybridized carbons (Fsp3) is 0.500. The minimum Gasteiger partial charge on any atom is -0.389 e. The molecular formula is C14H17F3N2S.